The topological polar surface area (TPSA) is 54.4 Å². The predicted octanol–water partition coefficient (Wildman–Crippen LogP) is 2.88. The van der Waals surface area contributed by atoms with Crippen LogP contribution in [-0.4, -0.2) is 16.9 Å². The second kappa shape index (κ2) is 6.02. The molecule has 0 aromatic heterocycles. The first-order valence-corrected chi connectivity index (χ1v) is 6.25. The van der Waals surface area contributed by atoms with E-state index in [4.69, 9.17) is 5.11 Å². The van der Waals surface area contributed by atoms with E-state index in [9.17, 15) is 9.59 Å². The molecule has 16 heavy (non-hydrogen) atoms. The fourth-order valence-corrected chi connectivity index (χ4v) is 2.54. The van der Waals surface area contributed by atoms with Crippen LogP contribution < -0.4 is 0 Å². The second-order valence-corrected chi connectivity index (χ2v) is 5.22. The highest BCUT2D eigenvalue weighted by Crippen LogP contribution is 2.34. The van der Waals surface area contributed by atoms with E-state index in [1.807, 2.05) is 0 Å². The first kappa shape index (κ1) is 13.2. The molecule has 0 aromatic carbocycles. The largest absolute Gasteiger partial charge is 0.481 e. The Labute approximate surface area is 97.2 Å². The van der Waals surface area contributed by atoms with Crippen molar-refractivity contribution in [2.75, 3.05) is 0 Å². The summed E-state index contributed by atoms with van der Waals surface area (Å²) in [6, 6.07) is 0. The third kappa shape index (κ3) is 3.95. The molecule has 0 bridgehead atoms. The van der Waals surface area contributed by atoms with Crippen LogP contribution in [-0.2, 0) is 9.59 Å². The van der Waals surface area contributed by atoms with Crippen molar-refractivity contribution in [1.29, 1.82) is 0 Å². The van der Waals surface area contributed by atoms with Gasteiger partial charge in [0.1, 0.15) is 5.78 Å². The van der Waals surface area contributed by atoms with E-state index in [0.717, 1.165) is 31.6 Å². The Morgan fingerprint density at radius 3 is 2.12 bits per heavy atom. The van der Waals surface area contributed by atoms with E-state index in [-0.39, 0.29) is 24.5 Å². The molecular weight excluding hydrogens is 204 g/mol. The van der Waals surface area contributed by atoms with E-state index in [1.165, 1.54) is 0 Å². The summed E-state index contributed by atoms with van der Waals surface area (Å²) in [4.78, 5) is 22.1. The Bertz CT molecular complexity index is 250. The summed E-state index contributed by atoms with van der Waals surface area (Å²) in [5.74, 6) is 0.877. The molecule has 0 heterocycles. The van der Waals surface area contributed by atoms with Crippen LogP contribution >= 0.6 is 0 Å². The quantitative estimate of drug-likeness (QED) is 0.784. The SMILES string of the molecule is CC(C)C1CCC(C(=O)CCC(=O)O)CC1. The van der Waals surface area contributed by atoms with Crippen molar-refractivity contribution >= 4 is 11.8 Å². The lowest BCUT2D eigenvalue weighted by Gasteiger charge is -2.30. The summed E-state index contributed by atoms with van der Waals surface area (Å²) in [5, 5.41) is 8.52. The van der Waals surface area contributed by atoms with Crippen LogP contribution in [0.4, 0.5) is 0 Å². The lowest BCUT2D eigenvalue weighted by Crippen LogP contribution is -2.24. The van der Waals surface area contributed by atoms with Crippen LogP contribution in [0.15, 0.2) is 0 Å². The summed E-state index contributed by atoms with van der Waals surface area (Å²) in [6.07, 6.45) is 4.38. The second-order valence-electron chi connectivity index (χ2n) is 5.22. The maximum Gasteiger partial charge on any atom is 0.303 e. The van der Waals surface area contributed by atoms with Gasteiger partial charge in [-0.15, -0.1) is 0 Å². The van der Waals surface area contributed by atoms with Gasteiger partial charge in [0, 0.05) is 12.3 Å². The summed E-state index contributed by atoms with van der Waals surface area (Å²) < 4.78 is 0. The van der Waals surface area contributed by atoms with Gasteiger partial charge in [0.15, 0.2) is 0 Å². The molecular formula is C13H22O3. The zero-order chi connectivity index (χ0) is 12.1. The summed E-state index contributed by atoms with van der Waals surface area (Å²) in [7, 11) is 0. The van der Waals surface area contributed by atoms with Gasteiger partial charge >= 0.3 is 5.97 Å². The van der Waals surface area contributed by atoms with Gasteiger partial charge in [-0.3, -0.25) is 9.59 Å². The van der Waals surface area contributed by atoms with Gasteiger partial charge in [-0.2, -0.15) is 0 Å². The number of rotatable bonds is 5. The molecule has 1 fully saturated rings. The van der Waals surface area contributed by atoms with Crippen LogP contribution in [0.25, 0.3) is 0 Å². The lowest BCUT2D eigenvalue weighted by molar-refractivity contribution is -0.139. The molecule has 0 amide bonds. The molecule has 0 aliphatic heterocycles. The van der Waals surface area contributed by atoms with E-state index >= 15 is 0 Å². The molecule has 3 nitrogen and oxygen atoms in total. The smallest absolute Gasteiger partial charge is 0.303 e. The normalized spacial score (nSPS) is 25.7. The van der Waals surface area contributed by atoms with Crippen molar-refractivity contribution in [3.8, 4) is 0 Å². The third-order valence-electron chi connectivity index (χ3n) is 3.76. The van der Waals surface area contributed by atoms with Crippen LogP contribution in [0.1, 0.15) is 52.4 Å². The molecule has 0 unspecified atom stereocenters. The van der Waals surface area contributed by atoms with E-state index in [1.54, 1.807) is 0 Å². The Hall–Kier alpha value is -0.860. The number of hydrogen-bond donors (Lipinski definition) is 1. The Morgan fingerprint density at radius 2 is 1.69 bits per heavy atom. The van der Waals surface area contributed by atoms with Crippen molar-refractivity contribution < 1.29 is 14.7 Å². The van der Waals surface area contributed by atoms with E-state index < -0.39 is 5.97 Å². The van der Waals surface area contributed by atoms with Crippen molar-refractivity contribution in [1.82, 2.24) is 0 Å². The zero-order valence-electron chi connectivity index (χ0n) is 10.2. The van der Waals surface area contributed by atoms with Crippen molar-refractivity contribution in [3.63, 3.8) is 0 Å². The Morgan fingerprint density at radius 1 is 1.12 bits per heavy atom. The van der Waals surface area contributed by atoms with Gasteiger partial charge in [-0.05, 0) is 37.5 Å². The van der Waals surface area contributed by atoms with Crippen molar-refractivity contribution in [2.45, 2.75) is 52.4 Å². The molecule has 92 valence electrons. The highest BCUT2D eigenvalue weighted by Gasteiger charge is 2.27. The number of hydrogen-bond acceptors (Lipinski definition) is 2. The number of carbonyl (C=O) groups excluding carboxylic acids is 1. The highest BCUT2D eigenvalue weighted by atomic mass is 16.4. The number of carboxylic acid groups (broad SMARTS) is 1. The molecule has 0 radical (unpaired) electrons. The minimum atomic E-state index is -0.871. The Balaban J connectivity index is 2.30. The molecule has 1 N–H and O–H groups in total. The summed E-state index contributed by atoms with van der Waals surface area (Å²) >= 11 is 0. The van der Waals surface area contributed by atoms with E-state index in [2.05, 4.69) is 13.8 Å². The standard InChI is InChI=1S/C13H22O3/c1-9(2)10-3-5-11(6-4-10)12(14)7-8-13(15)16/h9-11H,3-8H2,1-2H3,(H,15,16). The molecule has 1 aliphatic carbocycles. The molecule has 3 heteroatoms. The lowest BCUT2D eigenvalue weighted by atomic mass is 9.75. The molecule has 0 spiro atoms. The molecule has 0 atom stereocenters. The molecule has 1 saturated carbocycles. The van der Waals surface area contributed by atoms with Crippen molar-refractivity contribution in [2.24, 2.45) is 17.8 Å². The Kier molecular flexibility index (Phi) is 4.97. The minimum Gasteiger partial charge on any atom is -0.481 e. The van der Waals surface area contributed by atoms with Crippen molar-refractivity contribution in [3.05, 3.63) is 0 Å². The van der Waals surface area contributed by atoms with E-state index in [0.29, 0.717) is 5.92 Å². The van der Waals surface area contributed by atoms with Gasteiger partial charge in [0.2, 0.25) is 0 Å². The average molecular weight is 226 g/mol. The number of carbonyl (C=O) groups is 2. The fraction of sp³-hybridized carbons (Fsp3) is 0.846. The molecule has 1 aliphatic rings. The summed E-state index contributed by atoms with van der Waals surface area (Å²) in [6.45, 7) is 4.47. The molecule has 0 aromatic rings. The van der Waals surface area contributed by atoms with Gasteiger partial charge in [-0.25, -0.2) is 0 Å². The van der Waals surface area contributed by atoms with Crippen LogP contribution in [0.5, 0.6) is 0 Å². The first-order chi connectivity index (χ1) is 7.50. The van der Waals surface area contributed by atoms with Gasteiger partial charge in [0.05, 0.1) is 6.42 Å². The predicted molar refractivity (Wildman–Crippen MR) is 62.2 cm³/mol. The zero-order valence-corrected chi connectivity index (χ0v) is 10.2. The maximum absolute atomic E-state index is 11.7. The van der Waals surface area contributed by atoms with Crippen LogP contribution in [0.3, 0.4) is 0 Å². The van der Waals surface area contributed by atoms with Crippen LogP contribution in [0, 0.1) is 17.8 Å². The number of ketones is 1. The van der Waals surface area contributed by atoms with Gasteiger partial charge in [-0.1, -0.05) is 13.8 Å². The summed E-state index contributed by atoms with van der Waals surface area (Å²) in [5.41, 5.74) is 0. The van der Waals surface area contributed by atoms with Crippen LogP contribution in [0.2, 0.25) is 0 Å². The minimum absolute atomic E-state index is 0.0110. The molecule has 1 rings (SSSR count). The molecule has 0 saturated heterocycles. The first-order valence-electron chi connectivity index (χ1n) is 6.25. The maximum atomic E-state index is 11.7. The number of Topliss-reactive ketones (excluding diaryl/α,β-unsaturated/α-hetero) is 1. The number of aliphatic carboxylic acids is 1. The average Bonchev–Trinajstić information content (AvgIpc) is 2.26. The van der Waals surface area contributed by atoms with Gasteiger partial charge < -0.3 is 5.11 Å². The third-order valence-corrected chi connectivity index (χ3v) is 3.76. The number of carboxylic acids is 1. The monoisotopic (exact) mass is 226 g/mol. The van der Waals surface area contributed by atoms with Gasteiger partial charge in [0.25, 0.3) is 0 Å². The fourth-order valence-electron chi connectivity index (χ4n) is 2.54. The highest BCUT2D eigenvalue weighted by molar-refractivity contribution is 5.84.